The quantitative estimate of drug-likeness (QED) is 0.683. The summed E-state index contributed by atoms with van der Waals surface area (Å²) in [5, 5.41) is 7.33. The van der Waals surface area contributed by atoms with Gasteiger partial charge in [-0.3, -0.25) is 4.79 Å². The molecule has 3 aliphatic heterocycles. The molecule has 0 spiro atoms. The Labute approximate surface area is 194 Å². The standard InChI is InChI=1S/C23H26F3N3O5/c24-23(25,26)13-32-10-14-1-2-19-16(7-14)8-17(12-33-19)27-22(30)18-9-21-29(28-18)5-3-20(34-21)15-4-6-31-11-15/h1-2,7,9,15,17,20H,3-6,8,10-13H2,(H,27,30)/t15?,17-,20?/m1/s1. The van der Waals surface area contributed by atoms with E-state index in [4.69, 9.17) is 18.9 Å². The van der Waals surface area contributed by atoms with Crippen LogP contribution in [0.2, 0.25) is 0 Å². The zero-order chi connectivity index (χ0) is 23.7. The van der Waals surface area contributed by atoms with Crippen molar-refractivity contribution in [3.05, 3.63) is 41.1 Å². The molecule has 3 aliphatic rings. The molecule has 34 heavy (non-hydrogen) atoms. The van der Waals surface area contributed by atoms with Gasteiger partial charge in [0.15, 0.2) is 5.69 Å². The molecule has 3 atom stereocenters. The van der Waals surface area contributed by atoms with Crippen LogP contribution in [0.15, 0.2) is 24.3 Å². The van der Waals surface area contributed by atoms with Gasteiger partial charge in [-0.25, -0.2) is 4.68 Å². The molecule has 184 valence electrons. The predicted octanol–water partition coefficient (Wildman–Crippen LogP) is 2.88. The predicted molar refractivity (Wildman–Crippen MR) is 113 cm³/mol. The number of aryl methyl sites for hydroxylation is 1. The van der Waals surface area contributed by atoms with E-state index in [2.05, 4.69) is 10.4 Å². The van der Waals surface area contributed by atoms with Gasteiger partial charge in [0, 0.05) is 31.6 Å². The number of ether oxygens (including phenoxy) is 4. The Morgan fingerprint density at radius 2 is 2.12 bits per heavy atom. The maximum atomic E-state index is 12.8. The van der Waals surface area contributed by atoms with Gasteiger partial charge < -0.3 is 24.3 Å². The first-order chi connectivity index (χ1) is 16.3. The first-order valence-corrected chi connectivity index (χ1v) is 11.4. The summed E-state index contributed by atoms with van der Waals surface area (Å²) in [4.78, 5) is 12.8. The Hall–Kier alpha value is -2.79. The molecule has 0 saturated carbocycles. The molecule has 1 amide bonds. The number of halogens is 3. The highest BCUT2D eigenvalue weighted by atomic mass is 19.4. The van der Waals surface area contributed by atoms with E-state index in [0.29, 0.717) is 42.7 Å². The second-order valence-corrected chi connectivity index (χ2v) is 8.90. The lowest BCUT2D eigenvalue weighted by molar-refractivity contribution is -0.176. The van der Waals surface area contributed by atoms with Crippen molar-refractivity contribution >= 4 is 5.91 Å². The third kappa shape index (κ3) is 5.30. The molecule has 0 radical (unpaired) electrons. The van der Waals surface area contributed by atoms with E-state index in [1.54, 1.807) is 28.9 Å². The molecule has 11 heteroatoms. The summed E-state index contributed by atoms with van der Waals surface area (Å²) in [6.07, 6.45) is -2.00. The fourth-order valence-electron chi connectivity index (χ4n) is 4.58. The van der Waals surface area contributed by atoms with Crippen LogP contribution < -0.4 is 14.8 Å². The molecule has 4 heterocycles. The minimum Gasteiger partial charge on any atom is -0.491 e. The highest BCUT2D eigenvalue weighted by molar-refractivity contribution is 5.92. The SMILES string of the molecule is O=C(N[C@H]1COc2ccc(COCC(F)(F)F)cc2C1)c1cc2n(n1)CCC(C1CCOC1)O2. The second kappa shape index (κ2) is 9.46. The summed E-state index contributed by atoms with van der Waals surface area (Å²) in [6.45, 7) is 0.974. The molecule has 1 N–H and O–H groups in total. The van der Waals surface area contributed by atoms with Crippen LogP contribution in [0, 0.1) is 5.92 Å². The van der Waals surface area contributed by atoms with Crippen LogP contribution in [-0.4, -0.2) is 60.4 Å². The second-order valence-electron chi connectivity index (χ2n) is 8.90. The largest absolute Gasteiger partial charge is 0.491 e. The van der Waals surface area contributed by atoms with Gasteiger partial charge in [0.1, 0.15) is 25.1 Å². The zero-order valence-electron chi connectivity index (χ0n) is 18.5. The van der Waals surface area contributed by atoms with Crippen molar-refractivity contribution in [2.24, 2.45) is 5.92 Å². The first-order valence-electron chi connectivity index (χ1n) is 11.4. The lowest BCUT2D eigenvalue weighted by Crippen LogP contribution is -2.43. The third-order valence-corrected chi connectivity index (χ3v) is 6.26. The van der Waals surface area contributed by atoms with Crippen molar-refractivity contribution in [2.75, 3.05) is 26.4 Å². The van der Waals surface area contributed by atoms with E-state index in [1.807, 2.05) is 0 Å². The number of nitrogens with one attached hydrogen (secondary N) is 1. The van der Waals surface area contributed by atoms with E-state index >= 15 is 0 Å². The number of hydrogen-bond donors (Lipinski definition) is 1. The molecule has 2 unspecified atom stereocenters. The molecular weight excluding hydrogens is 455 g/mol. The number of alkyl halides is 3. The lowest BCUT2D eigenvalue weighted by atomic mass is 9.98. The Morgan fingerprint density at radius 3 is 2.91 bits per heavy atom. The number of hydrogen-bond acceptors (Lipinski definition) is 6. The topological polar surface area (TPSA) is 83.8 Å². The average molecular weight is 481 g/mol. The molecule has 1 fully saturated rings. The van der Waals surface area contributed by atoms with Crippen molar-refractivity contribution in [3.63, 3.8) is 0 Å². The number of carbonyl (C=O) groups excluding carboxylic acids is 1. The summed E-state index contributed by atoms with van der Waals surface area (Å²) in [7, 11) is 0. The average Bonchev–Trinajstić information content (AvgIpc) is 3.47. The molecule has 8 nitrogen and oxygen atoms in total. The molecule has 2 aromatic rings. The number of amides is 1. The van der Waals surface area contributed by atoms with Crippen molar-refractivity contribution in [3.8, 4) is 11.6 Å². The van der Waals surface area contributed by atoms with Crippen molar-refractivity contribution in [1.82, 2.24) is 15.1 Å². The van der Waals surface area contributed by atoms with E-state index in [9.17, 15) is 18.0 Å². The number of carbonyl (C=O) groups is 1. The van der Waals surface area contributed by atoms with Crippen LogP contribution in [0.5, 0.6) is 11.6 Å². The molecule has 0 bridgehead atoms. The van der Waals surface area contributed by atoms with Gasteiger partial charge in [-0.2, -0.15) is 18.3 Å². The van der Waals surface area contributed by atoms with Gasteiger partial charge in [-0.1, -0.05) is 6.07 Å². The third-order valence-electron chi connectivity index (χ3n) is 6.26. The minimum absolute atomic E-state index is 0.0696. The summed E-state index contributed by atoms with van der Waals surface area (Å²) < 4.78 is 60.6. The van der Waals surface area contributed by atoms with Gasteiger partial charge in [-0.15, -0.1) is 0 Å². The fourth-order valence-corrected chi connectivity index (χ4v) is 4.58. The maximum Gasteiger partial charge on any atom is 0.411 e. The summed E-state index contributed by atoms with van der Waals surface area (Å²) in [6, 6.07) is 6.50. The van der Waals surface area contributed by atoms with Crippen molar-refractivity contribution < 1.29 is 36.9 Å². The van der Waals surface area contributed by atoms with Gasteiger partial charge in [0.2, 0.25) is 5.88 Å². The van der Waals surface area contributed by atoms with Gasteiger partial charge in [-0.05, 0) is 36.1 Å². The Morgan fingerprint density at radius 1 is 1.24 bits per heavy atom. The highest BCUT2D eigenvalue weighted by Gasteiger charge is 2.32. The van der Waals surface area contributed by atoms with Crippen molar-refractivity contribution in [1.29, 1.82) is 0 Å². The van der Waals surface area contributed by atoms with Crippen molar-refractivity contribution in [2.45, 2.75) is 50.7 Å². The normalized spacial score (nSPS) is 24.0. The monoisotopic (exact) mass is 481 g/mol. The molecule has 1 aromatic carbocycles. The number of fused-ring (bicyclic) bond motifs is 2. The molecule has 5 rings (SSSR count). The Bertz CT molecular complexity index is 1040. The number of aromatic nitrogens is 2. The van der Waals surface area contributed by atoms with Crippen LogP contribution in [0.3, 0.4) is 0 Å². The van der Waals surface area contributed by atoms with E-state index in [1.165, 1.54) is 0 Å². The molecule has 1 aromatic heterocycles. The van der Waals surface area contributed by atoms with Crippen LogP contribution >= 0.6 is 0 Å². The van der Waals surface area contributed by atoms with E-state index in [0.717, 1.165) is 25.0 Å². The summed E-state index contributed by atoms with van der Waals surface area (Å²) in [5.74, 6) is 1.27. The minimum atomic E-state index is -4.37. The summed E-state index contributed by atoms with van der Waals surface area (Å²) in [5.41, 5.74) is 1.69. The van der Waals surface area contributed by atoms with Crippen LogP contribution in [0.1, 0.15) is 34.5 Å². The van der Waals surface area contributed by atoms with Gasteiger partial charge >= 0.3 is 6.18 Å². The number of nitrogens with zero attached hydrogens (tertiary/aromatic N) is 2. The zero-order valence-corrected chi connectivity index (χ0v) is 18.5. The van der Waals surface area contributed by atoms with Crippen LogP contribution in [-0.2, 0) is 29.0 Å². The smallest absolute Gasteiger partial charge is 0.411 e. The maximum absolute atomic E-state index is 12.8. The number of rotatable bonds is 6. The fraction of sp³-hybridized carbons (Fsp3) is 0.565. The van der Waals surface area contributed by atoms with E-state index in [-0.39, 0.29) is 37.0 Å². The lowest BCUT2D eigenvalue weighted by Gasteiger charge is -2.28. The molecular formula is C23H26F3N3O5. The highest BCUT2D eigenvalue weighted by Crippen LogP contribution is 2.30. The molecule has 1 saturated heterocycles. The first kappa shape index (κ1) is 23.0. The number of benzene rings is 1. The van der Waals surface area contributed by atoms with Gasteiger partial charge in [0.05, 0.1) is 19.3 Å². The Kier molecular flexibility index (Phi) is 6.39. The molecule has 0 aliphatic carbocycles. The van der Waals surface area contributed by atoms with Gasteiger partial charge in [0.25, 0.3) is 5.91 Å². The van der Waals surface area contributed by atoms with E-state index < -0.39 is 12.8 Å². The van der Waals surface area contributed by atoms with Crippen LogP contribution in [0.4, 0.5) is 13.2 Å². The Balaban J connectivity index is 1.18. The summed E-state index contributed by atoms with van der Waals surface area (Å²) >= 11 is 0. The van der Waals surface area contributed by atoms with Crippen LogP contribution in [0.25, 0.3) is 0 Å².